The Kier molecular flexibility index (Phi) is 7.52. The number of rotatable bonds is 9. The van der Waals surface area contributed by atoms with Crippen molar-refractivity contribution in [3.63, 3.8) is 0 Å². The van der Waals surface area contributed by atoms with Crippen LogP contribution >= 0.6 is 11.8 Å². The minimum atomic E-state index is -0.375. The summed E-state index contributed by atoms with van der Waals surface area (Å²) in [7, 11) is 0. The number of thioether (sulfide) groups is 1. The molecule has 1 N–H and O–H groups in total. The number of ether oxygens (including phenoxy) is 2. The number of carbonyl (C=O) groups excluding carboxylic acids is 1. The van der Waals surface area contributed by atoms with E-state index in [1.165, 1.54) is 30.2 Å². The van der Waals surface area contributed by atoms with Crippen molar-refractivity contribution in [1.82, 2.24) is 20.1 Å². The van der Waals surface area contributed by atoms with E-state index in [0.29, 0.717) is 36.4 Å². The molecule has 4 rings (SSSR count). The van der Waals surface area contributed by atoms with E-state index in [9.17, 15) is 4.79 Å². The topological polar surface area (TPSA) is 78.3 Å². The van der Waals surface area contributed by atoms with Gasteiger partial charge in [0.05, 0.1) is 5.25 Å². The summed E-state index contributed by atoms with van der Waals surface area (Å²) >= 11 is 1.39. The summed E-state index contributed by atoms with van der Waals surface area (Å²) in [5.74, 6) is 2.08. The number of para-hydroxylation sites is 2. The highest BCUT2D eigenvalue weighted by Crippen LogP contribution is 2.36. The van der Waals surface area contributed by atoms with Crippen LogP contribution in [0.4, 0.5) is 0 Å². The molecule has 2 unspecified atom stereocenters. The third kappa shape index (κ3) is 5.35. The molecule has 170 valence electrons. The molecule has 1 aromatic carbocycles. The number of fused-ring (bicyclic) bond motifs is 1. The number of allylic oxidation sites excluding steroid dienone is 2. The van der Waals surface area contributed by atoms with E-state index in [4.69, 9.17) is 9.47 Å². The molecule has 0 bridgehead atoms. The van der Waals surface area contributed by atoms with Crippen molar-refractivity contribution in [2.24, 2.45) is 0 Å². The largest absolute Gasteiger partial charge is 0.485 e. The quantitative estimate of drug-likeness (QED) is 0.445. The van der Waals surface area contributed by atoms with Gasteiger partial charge in [-0.05, 0) is 51.2 Å². The molecule has 0 saturated carbocycles. The number of carbonyl (C=O) groups is 1. The number of benzene rings is 1. The summed E-state index contributed by atoms with van der Waals surface area (Å²) in [6.45, 7) is 7.29. The first-order valence-corrected chi connectivity index (χ1v) is 12.1. The molecule has 8 heteroatoms. The number of amides is 1. The van der Waals surface area contributed by atoms with Crippen molar-refractivity contribution < 1.29 is 14.3 Å². The molecule has 1 aliphatic carbocycles. The highest BCUT2D eigenvalue weighted by atomic mass is 32.2. The van der Waals surface area contributed by atoms with Gasteiger partial charge in [0.1, 0.15) is 6.61 Å². The average molecular weight is 455 g/mol. The van der Waals surface area contributed by atoms with Crippen molar-refractivity contribution in [3.8, 4) is 11.5 Å². The Labute approximate surface area is 193 Å². The molecule has 2 atom stereocenters. The van der Waals surface area contributed by atoms with Crippen molar-refractivity contribution in [1.29, 1.82) is 0 Å². The van der Waals surface area contributed by atoms with Gasteiger partial charge in [0.15, 0.2) is 28.6 Å². The maximum atomic E-state index is 12.6. The zero-order valence-corrected chi connectivity index (χ0v) is 19.3. The van der Waals surface area contributed by atoms with Crippen LogP contribution in [0.2, 0.25) is 0 Å². The lowest BCUT2D eigenvalue weighted by Crippen LogP contribution is -2.32. The monoisotopic (exact) mass is 454 g/mol. The van der Waals surface area contributed by atoms with Gasteiger partial charge in [-0.25, -0.2) is 0 Å². The number of nitrogens with one attached hydrogen (secondary N) is 1. The van der Waals surface area contributed by atoms with Gasteiger partial charge in [-0.2, -0.15) is 0 Å². The summed E-state index contributed by atoms with van der Waals surface area (Å²) in [6, 6.07) is 7.58. The molecule has 2 aromatic rings. The minimum absolute atomic E-state index is 0.00675. The lowest BCUT2D eigenvalue weighted by atomic mass is 9.97. The number of hydrogen-bond acceptors (Lipinski definition) is 6. The Morgan fingerprint density at radius 1 is 1.34 bits per heavy atom. The summed E-state index contributed by atoms with van der Waals surface area (Å²) < 4.78 is 13.9. The van der Waals surface area contributed by atoms with E-state index in [0.717, 1.165) is 25.0 Å². The molecule has 0 saturated heterocycles. The zero-order chi connectivity index (χ0) is 22.3. The second kappa shape index (κ2) is 10.7. The minimum Gasteiger partial charge on any atom is -0.485 e. The SMILES string of the molecule is C=CCn1c(SC(C)C(=O)NCCC2=CCCCC2)nnc1C1COc2ccccc2O1. The van der Waals surface area contributed by atoms with E-state index in [-0.39, 0.29) is 17.3 Å². The van der Waals surface area contributed by atoms with Gasteiger partial charge < -0.3 is 14.8 Å². The fraction of sp³-hybridized carbons (Fsp3) is 0.458. The first kappa shape index (κ1) is 22.5. The molecule has 2 heterocycles. The summed E-state index contributed by atoms with van der Waals surface area (Å²) in [5.41, 5.74) is 1.46. The van der Waals surface area contributed by atoms with Crippen LogP contribution in [0.3, 0.4) is 0 Å². The number of aromatic nitrogens is 3. The van der Waals surface area contributed by atoms with Crippen LogP contribution in [0.1, 0.15) is 51.0 Å². The van der Waals surface area contributed by atoms with E-state index in [2.05, 4.69) is 28.2 Å². The van der Waals surface area contributed by atoms with E-state index >= 15 is 0 Å². The highest BCUT2D eigenvalue weighted by molar-refractivity contribution is 8.00. The average Bonchev–Trinajstić information content (AvgIpc) is 3.21. The van der Waals surface area contributed by atoms with Crippen molar-refractivity contribution in [3.05, 3.63) is 54.4 Å². The third-order valence-electron chi connectivity index (χ3n) is 5.64. The molecule has 0 fully saturated rings. The van der Waals surface area contributed by atoms with Crippen LogP contribution < -0.4 is 14.8 Å². The lowest BCUT2D eigenvalue weighted by Gasteiger charge is -2.26. The van der Waals surface area contributed by atoms with Gasteiger partial charge in [-0.15, -0.1) is 16.8 Å². The Bertz CT molecular complexity index is 987. The van der Waals surface area contributed by atoms with Gasteiger partial charge in [-0.1, -0.05) is 41.6 Å². The van der Waals surface area contributed by atoms with Gasteiger partial charge in [-0.3, -0.25) is 9.36 Å². The molecule has 7 nitrogen and oxygen atoms in total. The van der Waals surface area contributed by atoms with Gasteiger partial charge >= 0.3 is 0 Å². The normalized spacial score (nSPS) is 18.5. The fourth-order valence-electron chi connectivity index (χ4n) is 3.91. The Hall–Kier alpha value is -2.74. The van der Waals surface area contributed by atoms with Crippen molar-refractivity contribution >= 4 is 17.7 Å². The number of hydrogen-bond donors (Lipinski definition) is 1. The van der Waals surface area contributed by atoms with Gasteiger partial charge in [0, 0.05) is 13.1 Å². The molecular formula is C24H30N4O3S. The van der Waals surface area contributed by atoms with Crippen LogP contribution in [-0.2, 0) is 11.3 Å². The maximum Gasteiger partial charge on any atom is 0.233 e. The third-order valence-corrected chi connectivity index (χ3v) is 6.72. The molecule has 1 amide bonds. The summed E-state index contributed by atoms with van der Waals surface area (Å²) in [4.78, 5) is 12.6. The molecule has 1 aromatic heterocycles. The van der Waals surface area contributed by atoms with Crippen LogP contribution in [-0.4, -0.2) is 39.1 Å². The fourth-order valence-corrected chi connectivity index (χ4v) is 4.80. The first-order valence-electron chi connectivity index (χ1n) is 11.2. The smallest absolute Gasteiger partial charge is 0.233 e. The standard InChI is InChI=1S/C24H30N4O3S/c1-3-15-28-22(21-16-30-19-11-7-8-12-20(19)31-21)26-27-24(28)32-17(2)23(29)25-14-13-18-9-5-4-6-10-18/h3,7-9,11-12,17,21H,1,4-6,10,13-16H2,2H3,(H,25,29). The molecule has 0 spiro atoms. The Morgan fingerprint density at radius 3 is 2.97 bits per heavy atom. The van der Waals surface area contributed by atoms with Gasteiger partial charge in [0.2, 0.25) is 5.91 Å². The second-order valence-corrected chi connectivity index (χ2v) is 9.32. The molecule has 0 radical (unpaired) electrons. The molecule has 1 aliphatic heterocycles. The molecule has 2 aliphatic rings. The number of nitrogens with zero attached hydrogens (tertiary/aromatic N) is 3. The first-order chi connectivity index (χ1) is 15.7. The van der Waals surface area contributed by atoms with E-state index in [1.807, 2.05) is 35.8 Å². The molecular weight excluding hydrogens is 424 g/mol. The Morgan fingerprint density at radius 2 is 2.19 bits per heavy atom. The highest BCUT2D eigenvalue weighted by Gasteiger charge is 2.29. The molecule has 32 heavy (non-hydrogen) atoms. The predicted octanol–water partition coefficient (Wildman–Crippen LogP) is 4.46. The second-order valence-electron chi connectivity index (χ2n) is 8.01. The van der Waals surface area contributed by atoms with E-state index < -0.39 is 0 Å². The lowest BCUT2D eigenvalue weighted by molar-refractivity contribution is -0.120. The summed E-state index contributed by atoms with van der Waals surface area (Å²) in [6.07, 6.45) is 9.53. The van der Waals surface area contributed by atoms with Gasteiger partial charge in [0.25, 0.3) is 0 Å². The van der Waals surface area contributed by atoms with E-state index in [1.54, 1.807) is 6.08 Å². The Balaban J connectivity index is 1.38. The van der Waals surface area contributed by atoms with Crippen LogP contribution in [0.5, 0.6) is 11.5 Å². The van der Waals surface area contributed by atoms with Crippen LogP contribution in [0.15, 0.2) is 53.7 Å². The van der Waals surface area contributed by atoms with Crippen molar-refractivity contribution in [2.75, 3.05) is 13.2 Å². The van der Waals surface area contributed by atoms with Crippen LogP contribution in [0, 0.1) is 0 Å². The predicted molar refractivity (Wildman–Crippen MR) is 125 cm³/mol. The van der Waals surface area contributed by atoms with Crippen LogP contribution in [0.25, 0.3) is 0 Å². The maximum absolute atomic E-state index is 12.6. The van der Waals surface area contributed by atoms with Crippen molar-refractivity contribution in [2.45, 2.75) is 62.1 Å². The summed E-state index contributed by atoms with van der Waals surface area (Å²) in [5, 5.41) is 12.1. The zero-order valence-electron chi connectivity index (χ0n) is 18.5.